The van der Waals surface area contributed by atoms with Crippen LogP contribution in [0.15, 0.2) is 35.4 Å². The largest absolute Gasteiger partial charge is 0.262 e. The normalized spacial score (nSPS) is 26.5. The number of para-hydroxylation sites is 1. The summed E-state index contributed by atoms with van der Waals surface area (Å²) in [5.41, 5.74) is 2.41. The van der Waals surface area contributed by atoms with Crippen LogP contribution in [0.25, 0.3) is 0 Å². The van der Waals surface area contributed by atoms with Crippen molar-refractivity contribution in [1.29, 1.82) is 0 Å². The maximum absolute atomic E-state index is 4.57. The summed E-state index contributed by atoms with van der Waals surface area (Å²) < 4.78 is 0. The summed E-state index contributed by atoms with van der Waals surface area (Å²) in [5.74, 6) is 0.551. The minimum atomic E-state index is 0.470. The van der Waals surface area contributed by atoms with Gasteiger partial charge in [0.25, 0.3) is 0 Å². The Morgan fingerprint density at radius 1 is 1.14 bits per heavy atom. The fraction of sp³-hybridized carbons (Fsp3) is 0.417. The third kappa shape index (κ3) is 1.41. The first-order valence-electron chi connectivity index (χ1n) is 5.09. The Hall–Kier alpha value is -1.31. The maximum Gasteiger partial charge on any atom is 0.0597 e. The molecule has 2 heteroatoms. The van der Waals surface area contributed by atoms with E-state index < -0.39 is 0 Å². The molecule has 1 aliphatic rings. The van der Waals surface area contributed by atoms with Crippen LogP contribution in [-0.2, 0) is 0 Å². The Morgan fingerprint density at radius 2 is 1.79 bits per heavy atom. The summed E-state index contributed by atoms with van der Waals surface area (Å²) in [4.78, 5) is 0. The van der Waals surface area contributed by atoms with E-state index in [1.165, 1.54) is 11.4 Å². The SMILES string of the molecule is CC1=NN(c2ccccc2)C(C)C1C. The molecule has 0 spiro atoms. The zero-order valence-electron chi connectivity index (χ0n) is 8.94. The molecule has 1 aliphatic heterocycles. The predicted octanol–water partition coefficient (Wildman–Crippen LogP) is 2.91. The highest BCUT2D eigenvalue weighted by molar-refractivity contribution is 5.88. The van der Waals surface area contributed by atoms with Crippen molar-refractivity contribution >= 4 is 11.4 Å². The van der Waals surface area contributed by atoms with E-state index in [9.17, 15) is 0 Å². The van der Waals surface area contributed by atoms with Crippen molar-refractivity contribution in [1.82, 2.24) is 0 Å². The summed E-state index contributed by atoms with van der Waals surface area (Å²) in [6.07, 6.45) is 0. The van der Waals surface area contributed by atoms with Gasteiger partial charge in [-0.2, -0.15) is 5.10 Å². The molecule has 1 heterocycles. The first-order chi connectivity index (χ1) is 6.70. The van der Waals surface area contributed by atoms with Gasteiger partial charge < -0.3 is 0 Å². The molecule has 0 bridgehead atoms. The molecule has 14 heavy (non-hydrogen) atoms. The van der Waals surface area contributed by atoms with Crippen LogP contribution in [-0.4, -0.2) is 11.8 Å². The topological polar surface area (TPSA) is 15.6 Å². The van der Waals surface area contributed by atoms with Crippen LogP contribution in [0.3, 0.4) is 0 Å². The van der Waals surface area contributed by atoms with Crippen molar-refractivity contribution in [3.8, 4) is 0 Å². The molecule has 2 atom stereocenters. The third-order valence-electron chi connectivity index (χ3n) is 3.05. The summed E-state index contributed by atoms with van der Waals surface area (Å²) in [7, 11) is 0. The van der Waals surface area contributed by atoms with Gasteiger partial charge in [-0.05, 0) is 26.0 Å². The second-order valence-electron chi connectivity index (χ2n) is 3.95. The van der Waals surface area contributed by atoms with Crippen molar-refractivity contribution in [2.75, 3.05) is 5.01 Å². The molecular formula is C12H16N2. The second kappa shape index (κ2) is 3.45. The number of hydrazone groups is 1. The third-order valence-corrected chi connectivity index (χ3v) is 3.05. The van der Waals surface area contributed by atoms with E-state index in [0.29, 0.717) is 12.0 Å². The molecule has 0 radical (unpaired) electrons. The molecule has 0 fully saturated rings. The van der Waals surface area contributed by atoms with Crippen molar-refractivity contribution in [2.24, 2.45) is 11.0 Å². The quantitative estimate of drug-likeness (QED) is 0.661. The van der Waals surface area contributed by atoms with Gasteiger partial charge in [-0.3, -0.25) is 5.01 Å². The molecular weight excluding hydrogens is 172 g/mol. The molecule has 1 aromatic carbocycles. The maximum atomic E-state index is 4.57. The number of rotatable bonds is 1. The monoisotopic (exact) mass is 188 g/mol. The van der Waals surface area contributed by atoms with E-state index in [2.05, 4.69) is 55.1 Å². The van der Waals surface area contributed by atoms with Crippen LogP contribution in [0.4, 0.5) is 5.69 Å². The number of hydrogen-bond donors (Lipinski definition) is 0. The zero-order valence-corrected chi connectivity index (χ0v) is 8.94. The van der Waals surface area contributed by atoms with E-state index >= 15 is 0 Å². The number of nitrogens with zero attached hydrogens (tertiary/aromatic N) is 2. The van der Waals surface area contributed by atoms with Crippen molar-refractivity contribution in [3.63, 3.8) is 0 Å². The molecule has 2 unspecified atom stereocenters. The van der Waals surface area contributed by atoms with E-state index in [1.54, 1.807) is 0 Å². The molecule has 0 saturated heterocycles. The van der Waals surface area contributed by atoms with Crippen LogP contribution in [0.2, 0.25) is 0 Å². The summed E-state index contributed by atoms with van der Waals surface area (Å²) >= 11 is 0. The van der Waals surface area contributed by atoms with Gasteiger partial charge in [0.2, 0.25) is 0 Å². The summed E-state index contributed by atoms with van der Waals surface area (Å²) in [5, 5.41) is 6.68. The van der Waals surface area contributed by atoms with Crippen LogP contribution < -0.4 is 5.01 Å². The number of benzene rings is 1. The number of hydrogen-bond acceptors (Lipinski definition) is 2. The lowest BCUT2D eigenvalue weighted by Gasteiger charge is -2.22. The molecule has 2 nitrogen and oxygen atoms in total. The lowest BCUT2D eigenvalue weighted by atomic mass is 10.0. The Morgan fingerprint density at radius 3 is 2.29 bits per heavy atom. The van der Waals surface area contributed by atoms with Gasteiger partial charge in [0.05, 0.1) is 11.7 Å². The molecule has 1 aromatic rings. The molecule has 2 rings (SSSR count). The molecule has 0 amide bonds. The Balaban J connectivity index is 2.30. The van der Waals surface area contributed by atoms with Crippen LogP contribution in [0, 0.1) is 5.92 Å². The Labute approximate surface area is 85.2 Å². The van der Waals surface area contributed by atoms with Gasteiger partial charge >= 0.3 is 0 Å². The summed E-state index contributed by atoms with van der Waals surface area (Å²) in [6, 6.07) is 10.8. The molecule has 0 N–H and O–H groups in total. The lowest BCUT2D eigenvalue weighted by Crippen LogP contribution is -2.28. The van der Waals surface area contributed by atoms with Gasteiger partial charge in [-0.15, -0.1) is 0 Å². The van der Waals surface area contributed by atoms with E-state index in [4.69, 9.17) is 0 Å². The van der Waals surface area contributed by atoms with Crippen LogP contribution >= 0.6 is 0 Å². The standard InChI is InChI=1S/C12H16N2/c1-9-10(2)13-14(11(9)3)12-7-5-4-6-8-12/h4-9,11H,1-3H3. The highest BCUT2D eigenvalue weighted by Gasteiger charge is 2.28. The minimum Gasteiger partial charge on any atom is -0.262 e. The molecule has 0 aromatic heterocycles. The van der Waals surface area contributed by atoms with Gasteiger partial charge in [-0.25, -0.2) is 0 Å². The predicted molar refractivity (Wildman–Crippen MR) is 60.7 cm³/mol. The minimum absolute atomic E-state index is 0.470. The fourth-order valence-electron chi connectivity index (χ4n) is 1.79. The molecule has 74 valence electrons. The Bertz CT molecular complexity index is 343. The smallest absolute Gasteiger partial charge is 0.0597 e. The van der Waals surface area contributed by atoms with Gasteiger partial charge in [0, 0.05) is 11.6 Å². The van der Waals surface area contributed by atoms with Crippen LogP contribution in [0.5, 0.6) is 0 Å². The fourth-order valence-corrected chi connectivity index (χ4v) is 1.79. The molecule has 0 saturated carbocycles. The zero-order chi connectivity index (χ0) is 10.1. The van der Waals surface area contributed by atoms with Gasteiger partial charge in [0.1, 0.15) is 0 Å². The van der Waals surface area contributed by atoms with Crippen LogP contribution in [0.1, 0.15) is 20.8 Å². The number of anilines is 1. The Kier molecular flexibility index (Phi) is 2.28. The van der Waals surface area contributed by atoms with E-state index in [0.717, 1.165) is 0 Å². The van der Waals surface area contributed by atoms with Crippen molar-refractivity contribution < 1.29 is 0 Å². The second-order valence-corrected chi connectivity index (χ2v) is 3.95. The highest BCUT2D eigenvalue weighted by atomic mass is 15.5. The average molecular weight is 188 g/mol. The first kappa shape index (κ1) is 9.25. The van der Waals surface area contributed by atoms with Crippen molar-refractivity contribution in [2.45, 2.75) is 26.8 Å². The summed E-state index contributed by atoms with van der Waals surface area (Å²) in [6.45, 7) is 6.55. The average Bonchev–Trinajstić information content (AvgIpc) is 2.47. The van der Waals surface area contributed by atoms with E-state index in [1.807, 2.05) is 6.07 Å². The van der Waals surface area contributed by atoms with Gasteiger partial charge in [0.15, 0.2) is 0 Å². The first-order valence-corrected chi connectivity index (χ1v) is 5.09. The highest BCUT2D eigenvalue weighted by Crippen LogP contribution is 2.27. The molecule has 0 aliphatic carbocycles. The van der Waals surface area contributed by atoms with E-state index in [-0.39, 0.29) is 0 Å². The van der Waals surface area contributed by atoms with Gasteiger partial charge in [-0.1, -0.05) is 25.1 Å². The lowest BCUT2D eigenvalue weighted by molar-refractivity contribution is 0.603. The van der Waals surface area contributed by atoms with Crippen molar-refractivity contribution in [3.05, 3.63) is 30.3 Å².